The van der Waals surface area contributed by atoms with Gasteiger partial charge >= 0.3 is 6.03 Å². The van der Waals surface area contributed by atoms with Crippen LogP contribution in [0.15, 0.2) is 29.2 Å². The summed E-state index contributed by atoms with van der Waals surface area (Å²) in [6.45, 7) is 3.66. The summed E-state index contributed by atoms with van der Waals surface area (Å²) in [5, 5.41) is 5.43. The molecule has 10 heteroatoms. The van der Waals surface area contributed by atoms with Crippen LogP contribution in [0.4, 0.5) is 16.4 Å². The Kier molecular flexibility index (Phi) is 4.68. The molecule has 1 aliphatic heterocycles. The van der Waals surface area contributed by atoms with E-state index < -0.39 is 16.1 Å². The maximum Gasteiger partial charge on any atom is 0.335 e. The van der Waals surface area contributed by atoms with E-state index in [0.717, 1.165) is 12.0 Å². The molecule has 1 atom stereocenters. The summed E-state index contributed by atoms with van der Waals surface area (Å²) in [4.78, 5) is 20.1. The Balaban J connectivity index is 1.80. The lowest BCUT2D eigenvalue weighted by atomic mass is 10.1. The van der Waals surface area contributed by atoms with Crippen LogP contribution < -0.4 is 20.1 Å². The topological polar surface area (TPSA) is 122 Å². The largest absolute Gasteiger partial charge is 0.481 e. The van der Waals surface area contributed by atoms with Gasteiger partial charge in [-0.05, 0) is 31.9 Å². The minimum Gasteiger partial charge on any atom is -0.481 e. The number of aromatic nitrogens is 2. The normalized spacial score (nSPS) is 15.7. The molecule has 0 saturated heterocycles. The van der Waals surface area contributed by atoms with E-state index >= 15 is 0 Å². The van der Waals surface area contributed by atoms with E-state index in [4.69, 9.17) is 4.74 Å². The lowest BCUT2D eigenvalue weighted by Gasteiger charge is -2.12. The fraction of sp³-hybridized carbons (Fsp3) is 0.312. The summed E-state index contributed by atoms with van der Waals surface area (Å²) in [6, 6.07) is 5.72. The molecule has 1 aromatic carbocycles. The molecule has 0 saturated carbocycles. The fourth-order valence-electron chi connectivity index (χ4n) is 2.77. The van der Waals surface area contributed by atoms with Crippen LogP contribution in [0.2, 0.25) is 0 Å². The van der Waals surface area contributed by atoms with E-state index in [0.29, 0.717) is 11.4 Å². The molecule has 2 aromatic rings. The first-order chi connectivity index (χ1) is 12.3. The van der Waals surface area contributed by atoms with Crippen molar-refractivity contribution in [2.75, 3.05) is 17.7 Å². The number of sulfonamides is 1. The molecule has 1 unspecified atom stereocenters. The predicted octanol–water partition coefficient (Wildman–Crippen LogP) is 1.66. The molecule has 0 bridgehead atoms. The van der Waals surface area contributed by atoms with E-state index in [1.807, 2.05) is 17.7 Å². The molecule has 2 heterocycles. The number of rotatable bonds is 4. The summed E-state index contributed by atoms with van der Waals surface area (Å²) < 4.78 is 32.2. The Morgan fingerprint density at radius 3 is 2.85 bits per heavy atom. The standard InChI is InChI=1S/C16H19N5O4S/c1-9-7-11-5-4-6-12(14(11)17-9)26(23,24)21-16(22)20-15-18-10(2)8-13(19-15)25-3/h4-6,8-9,17H,7H2,1-3H3,(H2,18,19,20,21,22). The average molecular weight is 377 g/mol. The molecule has 2 amide bonds. The average Bonchev–Trinajstić information content (AvgIpc) is 2.93. The first kappa shape index (κ1) is 17.9. The van der Waals surface area contributed by atoms with E-state index in [2.05, 4.69) is 20.6 Å². The molecular weight excluding hydrogens is 358 g/mol. The molecule has 138 valence electrons. The molecule has 0 fully saturated rings. The van der Waals surface area contributed by atoms with Crippen molar-refractivity contribution in [1.29, 1.82) is 0 Å². The van der Waals surface area contributed by atoms with E-state index in [9.17, 15) is 13.2 Å². The number of methoxy groups -OCH3 is 1. The number of urea groups is 1. The fourth-order valence-corrected chi connectivity index (χ4v) is 3.89. The van der Waals surface area contributed by atoms with Crippen LogP contribution in [0.3, 0.4) is 0 Å². The maximum absolute atomic E-state index is 12.6. The third kappa shape index (κ3) is 3.69. The Labute approximate surface area is 151 Å². The van der Waals surface area contributed by atoms with Gasteiger partial charge in [0.15, 0.2) is 0 Å². The predicted molar refractivity (Wildman–Crippen MR) is 95.9 cm³/mol. The second kappa shape index (κ2) is 6.79. The Morgan fingerprint density at radius 1 is 1.35 bits per heavy atom. The number of hydrogen-bond acceptors (Lipinski definition) is 7. The summed E-state index contributed by atoms with van der Waals surface area (Å²) in [6.07, 6.45) is 0.724. The van der Waals surface area contributed by atoms with Crippen LogP contribution in [0, 0.1) is 6.92 Å². The van der Waals surface area contributed by atoms with E-state index in [1.165, 1.54) is 13.2 Å². The van der Waals surface area contributed by atoms with E-state index in [-0.39, 0.29) is 22.8 Å². The highest BCUT2D eigenvalue weighted by atomic mass is 32.2. The van der Waals surface area contributed by atoms with Gasteiger partial charge in [0.05, 0.1) is 12.8 Å². The highest BCUT2D eigenvalue weighted by Gasteiger charge is 2.27. The van der Waals surface area contributed by atoms with Crippen LogP contribution in [0.1, 0.15) is 18.2 Å². The van der Waals surface area contributed by atoms with Crippen molar-refractivity contribution >= 4 is 27.7 Å². The van der Waals surface area contributed by atoms with Crippen LogP contribution in [0.5, 0.6) is 5.88 Å². The van der Waals surface area contributed by atoms with Gasteiger partial charge in [-0.15, -0.1) is 0 Å². The molecule has 26 heavy (non-hydrogen) atoms. The third-order valence-corrected chi connectivity index (χ3v) is 5.18. The van der Waals surface area contributed by atoms with Gasteiger partial charge in [0.25, 0.3) is 10.0 Å². The van der Waals surface area contributed by atoms with Gasteiger partial charge in [0.1, 0.15) is 4.90 Å². The number of ether oxygens (including phenoxy) is 1. The van der Waals surface area contributed by atoms with Crippen LogP contribution in [-0.4, -0.2) is 37.6 Å². The number of nitrogens with zero attached hydrogens (tertiary/aromatic N) is 2. The van der Waals surface area contributed by atoms with Gasteiger partial charge in [-0.1, -0.05) is 12.1 Å². The molecule has 1 aromatic heterocycles. The Bertz CT molecular complexity index is 961. The van der Waals surface area contributed by atoms with Crippen molar-refractivity contribution in [1.82, 2.24) is 14.7 Å². The number of hydrogen-bond donors (Lipinski definition) is 3. The molecule has 1 aliphatic rings. The van der Waals surface area contributed by atoms with Crippen molar-refractivity contribution in [2.45, 2.75) is 31.2 Å². The SMILES string of the molecule is COc1cc(C)nc(NC(=O)NS(=O)(=O)c2cccc3c2NC(C)C3)n1. The second-order valence-electron chi connectivity index (χ2n) is 5.97. The van der Waals surface area contributed by atoms with E-state index in [1.54, 1.807) is 19.1 Å². The number of nitrogens with one attached hydrogen (secondary N) is 3. The van der Waals surface area contributed by atoms with Crippen LogP contribution >= 0.6 is 0 Å². The van der Waals surface area contributed by atoms with Crippen LogP contribution in [0.25, 0.3) is 0 Å². The lowest BCUT2D eigenvalue weighted by molar-refractivity contribution is 0.256. The second-order valence-corrected chi connectivity index (χ2v) is 7.63. The minimum absolute atomic E-state index is 0.0252. The zero-order valence-electron chi connectivity index (χ0n) is 14.5. The van der Waals surface area contributed by atoms with Crippen molar-refractivity contribution < 1.29 is 17.9 Å². The van der Waals surface area contributed by atoms with Gasteiger partial charge in [-0.2, -0.15) is 4.98 Å². The zero-order valence-corrected chi connectivity index (χ0v) is 15.3. The number of carbonyl (C=O) groups excluding carboxylic acids is 1. The first-order valence-corrected chi connectivity index (χ1v) is 9.38. The molecule has 3 rings (SSSR count). The zero-order chi connectivity index (χ0) is 18.9. The third-order valence-electron chi connectivity index (χ3n) is 3.81. The molecular formula is C16H19N5O4S. The number of benzene rings is 1. The van der Waals surface area contributed by atoms with Gasteiger partial charge in [0, 0.05) is 17.8 Å². The summed E-state index contributed by atoms with van der Waals surface area (Å²) in [5.74, 6) is 0.203. The number of para-hydroxylation sites is 1. The molecule has 3 N–H and O–H groups in total. The quantitative estimate of drug-likeness (QED) is 0.740. The Hall–Kier alpha value is -2.88. The summed E-state index contributed by atoms with van der Waals surface area (Å²) >= 11 is 0. The number of carbonyl (C=O) groups is 1. The molecule has 0 spiro atoms. The highest BCUT2D eigenvalue weighted by molar-refractivity contribution is 7.90. The monoisotopic (exact) mass is 377 g/mol. The van der Waals surface area contributed by atoms with Crippen molar-refractivity contribution in [3.8, 4) is 5.88 Å². The summed E-state index contributed by atoms with van der Waals surface area (Å²) in [7, 11) is -2.63. The van der Waals surface area contributed by atoms with Crippen molar-refractivity contribution in [3.63, 3.8) is 0 Å². The highest BCUT2D eigenvalue weighted by Crippen LogP contribution is 2.32. The van der Waals surface area contributed by atoms with Crippen molar-refractivity contribution in [3.05, 3.63) is 35.5 Å². The number of aryl methyl sites for hydroxylation is 1. The molecule has 0 radical (unpaired) electrons. The summed E-state index contributed by atoms with van der Waals surface area (Å²) in [5.41, 5.74) is 1.98. The lowest BCUT2D eigenvalue weighted by Crippen LogP contribution is -2.35. The minimum atomic E-state index is -4.07. The van der Waals surface area contributed by atoms with Gasteiger partial charge in [-0.25, -0.2) is 22.9 Å². The number of anilines is 2. The smallest absolute Gasteiger partial charge is 0.335 e. The van der Waals surface area contributed by atoms with Gasteiger partial charge < -0.3 is 10.1 Å². The number of amides is 2. The van der Waals surface area contributed by atoms with Gasteiger partial charge in [-0.3, -0.25) is 5.32 Å². The Morgan fingerprint density at radius 2 is 2.12 bits per heavy atom. The number of fused-ring (bicyclic) bond motifs is 1. The molecule has 0 aliphatic carbocycles. The maximum atomic E-state index is 12.6. The van der Waals surface area contributed by atoms with Gasteiger partial charge in [0.2, 0.25) is 11.8 Å². The first-order valence-electron chi connectivity index (χ1n) is 7.90. The van der Waals surface area contributed by atoms with Crippen molar-refractivity contribution in [2.24, 2.45) is 0 Å². The van der Waals surface area contributed by atoms with Crippen LogP contribution in [-0.2, 0) is 16.4 Å². The molecule has 9 nitrogen and oxygen atoms in total.